The molecule has 0 amide bonds. The number of ether oxygens (including phenoxy) is 4. The van der Waals surface area contributed by atoms with E-state index in [1.807, 2.05) is 0 Å². The van der Waals surface area contributed by atoms with Crippen LogP contribution in [0, 0.1) is 17.8 Å². The van der Waals surface area contributed by atoms with Gasteiger partial charge >= 0.3 is 39.5 Å². The molecule has 0 aromatic heterocycles. The zero-order chi connectivity index (χ0) is 74.4. The highest BCUT2D eigenvalue weighted by Crippen LogP contribution is 2.45. The molecule has 0 rings (SSSR count). The van der Waals surface area contributed by atoms with E-state index in [1.54, 1.807) is 0 Å². The Kier molecular flexibility index (Phi) is 70.9. The number of rotatable bonds is 80. The van der Waals surface area contributed by atoms with E-state index < -0.39 is 97.5 Å². The Labute approximate surface area is 619 Å². The Hall–Kier alpha value is -1.94. The number of unbranched alkanes of at least 4 members (excludes halogenated alkanes) is 46. The van der Waals surface area contributed by atoms with Gasteiger partial charge in [0.2, 0.25) is 0 Å². The number of aliphatic hydroxyl groups excluding tert-OH is 1. The van der Waals surface area contributed by atoms with Gasteiger partial charge in [0.1, 0.15) is 19.3 Å². The van der Waals surface area contributed by atoms with Gasteiger partial charge in [0.05, 0.1) is 26.4 Å². The number of hydrogen-bond acceptors (Lipinski definition) is 15. The van der Waals surface area contributed by atoms with Crippen molar-refractivity contribution in [1.29, 1.82) is 0 Å². The predicted molar refractivity (Wildman–Crippen MR) is 414 cm³/mol. The molecule has 101 heavy (non-hydrogen) atoms. The summed E-state index contributed by atoms with van der Waals surface area (Å²) in [6, 6.07) is 0. The van der Waals surface area contributed by atoms with E-state index in [0.717, 1.165) is 114 Å². The lowest BCUT2D eigenvalue weighted by molar-refractivity contribution is -0.161. The van der Waals surface area contributed by atoms with Crippen LogP contribution in [0.4, 0.5) is 0 Å². The van der Waals surface area contributed by atoms with Crippen molar-refractivity contribution in [1.82, 2.24) is 0 Å². The molecule has 0 saturated carbocycles. The third kappa shape index (κ3) is 73.4. The van der Waals surface area contributed by atoms with Crippen molar-refractivity contribution < 1.29 is 80.2 Å². The first-order valence-electron chi connectivity index (χ1n) is 42.4. The SMILES string of the molecule is CCCCCCCCCCCCCCCC(=O)O[C@H](COC(=O)CCCCCCCCC(C)CC)COP(=O)(O)OC[C@H](O)COP(=O)(O)OC[C@@H](COC(=O)CCCCCCCCCCCCCCCC(C)C)OC(=O)CCCCCCCCCCCCCCCCCCCCC(C)CC. The van der Waals surface area contributed by atoms with Crippen molar-refractivity contribution in [2.45, 2.75) is 446 Å². The van der Waals surface area contributed by atoms with Gasteiger partial charge in [0, 0.05) is 25.7 Å². The second kappa shape index (κ2) is 72.3. The monoisotopic (exact) mass is 1480 g/mol. The van der Waals surface area contributed by atoms with Gasteiger partial charge in [-0.1, -0.05) is 376 Å². The van der Waals surface area contributed by atoms with Crippen LogP contribution in [0.2, 0.25) is 0 Å². The average molecular weight is 1480 g/mol. The Balaban J connectivity index is 5.22. The average Bonchev–Trinajstić information content (AvgIpc) is 0.948. The summed E-state index contributed by atoms with van der Waals surface area (Å²) in [7, 11) is -9.92. The number of esters is 4. The highest BCUT2D eigenvalue weighted by molar-refractivity contribution is 7.47. The second-order valence-corrected chi connectivity index (χ2v) is 33.4. The molecule has 4 unspecified atom stereocenters. The summed E-state index contributed by atoms with van der Waals surface area (Å²) in [5.74, 6) is 0.283. The minimum atomic E-state index is -4.96. The number of aliphatic hydroxyl groups is 1. The van der Waals surface area contributed by atoms with Crippen LogP contribution in [-0.4, -0.2) is 96.7 Å². The zero-order valence-corrected chi connectivity index (χ0v) is 68.2. The molecule has 19 heteroatoms. The van der Waals surface area contributed by atoms with Crippen LogP contribution in [0.15, 0.2) is 0 Å². The number of phosphoric ester groups is 2. The van der Waals surface area contributed by atoms with Gasteiger partial charge in [-0.3, -0.25) is 37.3 Å². The van der Waals surface area contributed by atoms with E-state index in [2.05, 4.69) is 48.5 Å². The third-order valence-electron chi connectivity index (χ3n) is 19.9. The van der Waals surface area contributed by atoms with Crippen LogP contribution in [0.25, 0.3) is 0 Å². The maximum atomic E-state index is 13.1. The molecule has 0 aromatic carbocycles. The summed E-state index contributed by atoms with van der Waals surface area (Å²) in [5.41, 5.74) is 0. The number of hydrogen-bond donors (Lipinski definition) is 3. The second-order valence-electron chi connectivity index (χ2n) is 30.5. The van der Waals surface area contributed by atoms with Crippen molar-refractivity contribution >= 4 is 39.5 Å². The molecule has 600 valence electrons. The summed E-state index contributed by atoms with van der Waals surface area (Å²) in [5, 5.41) is 10.6. The van der Waals surface area contributed by atoms with Gasteiger partial charge in [0.15, 0.2) is 12.2 Å². The highest BCUT2D eigenvalue weighted by Gasteiger charge is 2.30. The van der Waals surface area contributed by atoms with Crippen molar-refractivity contribution in [3.8, 4) is 0 Å². The van der Waals surface area contributed by atoms with E-state index in [-0.39, 0.29) is 25.7 Å². The minimum Gasteiger partial charge on any atom is -0.462 e. The third-order valence-corrected chi connectivity index (χ3v) is 21.8. The lowest BCUT2D eigenvalue weighted by atomic mass is 9.99. The van der Waals surface area contributed by atoms with Gasteiger partial charge < -0.3 is 33.8 Å². The van der Waals surface area contributed by atoms with Crippen LogP contribution in [0.5, 0.6) is 0 Å². The summed E-state index contributed by atoms with van der Waals surface area (Å²) >= 11 is 0. The van der Waals surface area contributed by atoms with E-state index in [9.17, 15) is 43.2 Å². The highest BCUT2D eigenvalue weighted by atomic mass is 31.2. The smallest absolute Gasteiger partial charge is 0.462 e. The van der Waals surface area contributed by atoms with Crippen LogP contribution >= 0.6 is 15.6 Å². The fourth-order valence-electron chi connectivity index (χ4n) is 12.6. The van der Waals surface area contributed by atoms with Gasteiger partial charge in [-0.05, 0) is 43.4 Å². The Morgan fingerprint density at radius 2 is 0.505 bits per heavy atom. The van der Waals surface area contributed by atoms with Gasteiger partial charge in [-0.2, -0.15) is 0 Å². The lowest BCUT2D eigenvalue weighted by Gasteiger charge is -2.21. The molecule has 0 spiro atoms. The predicted octanol–water partition coefficient (Wildman–Crippen LogP) is 24.5. The molecule has 0 bridgehead atoms. The molecule has 0 aliphatic carbocycles. The summed E-state index contributed by atoms with van der Waals surface area (Å²) in [6.45, 7) is 12.0. The van der Waals surface area contributed by atoms with E-state index >= 15 is 0 Å². The van der Waals surface area contributed by atoms with E-state index in [4.69, 9.17) is 37.0 Å². The molecule has 0 heterocycles. The van der Waals surface area contributed by atoms with Crippen molar-refractivity contribution in [3.63, 3.8) is 0 Å². The van der Waals surface area contributed by atoms with Crippen LogP contribution in [0.1, 0.15) is 427 Å². The summed E-state index contributed by atoms with van der Waals surface area (Å²) < 4.78 is 68.7. The van der Waals surface area contributed by atoms with Gasteiger partial charge in [-0.25, -0.2) is 9.13 Å². The molecule has 0 aromatic rings. The maximum Gasteiger partial charge on any atom is 0.472 e. The molecule has 3 N–H and O–H groups in total. The minimum absolute atomic E-state index is 0.107. The Bertz CT molecular complexity index is 1960. The topological polar surface area (TPSA) is 237 Å². The van der Waals surface area contributed by atoms with E-state index in [0.29, 0.717) is 25.7 Å². The molecular weight excluding hydrogens is 1320 g/mol. The Morgan fingerprint density at radius 1 is 0.287 bits per heavy atom. The largest absolute Gasteiger partial charge is 0.472 e. The van der Waals surface area contributed by atoms with Gasteiger partial charge in [-0.15, -0.1) is 0 Å². The fourth-order valence-corrected chi connectivity index (χ4v) is 14.2. The zero-order valence-electron chi connectivity index (χ0n) is 66.4. The first-order valence-corrected chi connectivity index (χ1v) is 45.4. The van der Waals surface area contributed by atoms with Crippen LogP contribution < -0.4 is 0 Å². The number of carbonyl (C=O) groups is 4. The molecular formula is C82H160O17P2. The first kappa shape index (κ1) is 99.1. The molecule has 0 aliphatic heterocycles. The summed E-state index contributed by atoms with van der Waals surface area (Å²) in [6.07, 6.45) is 61.0. The number of phosphoric acid groups is 2. The van der Waals surface area contributed by atoms with Crippen molar-refractivity contribution in [2.75, 3.05) is 39.6 Å². The van der Waals surface area contributed by atoms with Gasteiger partial charge in [0.25, 0.3) is 0 Å². The molecule has 0 aliphatic rings. The molecule has 0 radical (unpaired) electrons. The quantitative estimate of drug-likeness (QED) is 0.0222. The Morgan fingerprint density at radius 3 is 0.752 bits per heavy atom. The molecule has 0 saturated heterocycles. The van der Waals surface area contributed by atoms with Crippen LogP contribution in [-0.2, 0) is 65.4 Å². The lowest BCUT2D eigenvalue weighted by Crippen LogP contribution is -2.30. The molecule has 7 atom stereocenters. The standard InChI is InChI=1S/C82H160O17P2/c1-8-11-12-13-14-15-16-24-32-37-42-51-58-65-82(87)99-78(70-93-80(85)64-57-50-45-44-48-55-62-75(7)10-3)72-97-101(90,91)95-68-76(83)67-94-100(88,89)96-71-77(69-92-79(84)63-56-49-41-36-31-28-23-25-29-34-39-46-53-60-73(4)5)98-81(86)66-59-52-43-38-33-27-22-20-18-17-19-21-26-30-35-40-47-54-61-74(6)9-2/h73-78,83H,8-72H2,1-7H3,(H,88,89)(H,90,91)/t74?,75?,76-,77-,78-/m1/s1. The fraction of sp³-hybridized carbons (Fsp3) is 0.951. The number of carbonyl (C=O) groups excluding carboxylic acids is 4. The summed E-state index contributed by atoms with van der Waals surface area (Å²) in [4.78, 5) is 73.0. The normalized spacial score (nSPS) is 14.5. The maximum absolute atomic E-state index is 13.1. The van der Waals surface area contributed by atoms with E-state index in [1.165, 1.54) is 231 Å². The first-order chi connectivity index (χ1) is 48.8. The van der Waals surface area contributed by atoms with Crippen molar-refractivity contribution in [2.24, 2.45) is 17.8 Å². The molecule has 0 fully saturated rings. The molecule has 17 nitrogen and oxygen atoms in total. The van der Waals surface area contributed by atoms with Crippen molar-refractivity contribution in [3.05, 3.63) is 0 Å². The van der Waals surface area contributed by atoms with Crippen LogP contribution in [0.3, 0.4) is 0 Å².